The number of esters is 1. The van der Waals surface area contributed by atoms with Crippen molar-refractivity contribution in [3.8, 4) is 0 Å². The standard InChI is InChI=1S/C18H25BrO3S/c1-3-5-6-14(4-2)13-22-18(21)9-10-23-17-11-16(19)8-7-15(17)12-20/h7-8,11-12,14H,3-6,9-10,13H2,1-2H3. The lowest BCUT2D eigenvalue weighted by molar-refractivity contribution is -0.144. The zero-order chi connectivity index (χ0) is 17.1. The Balaban J connectivity index is 2.34. The van der Waals surface area contributed by atoms with E-state index in [0.29, 0.717) is 30.3 Å². The molecule has 0 radical (unpaired) electrons. The van der Waals surface area contributed by atoms with Crippen LogP contribution in [-0.4, -0.2) is 24.6 Å². The van der Waals surface area contributed by atoms with Gasteiger partial charge in [-0.15, -0.1) is 11.8 Å². The summed E-state index contributed by atoms with van der Waals surface area (Å²) in [6.07, 6.45) is 5.72. The van der Waals surface area contributed by atoms with E-state index >= 15 is 0 Å². The number of hydrogen-bond donors (Lipinski definition) is 0. The van der Waals surface area contributed by atoms with E-state index in [1.54, 1.807) is 6.07 Å². The van der Waals surface area contributed by atoms with E-state index in [-0.39, 0.29) is 5.97 Å². The highest BCUT2D eigenvalue weighted by molar-refractivity contribution is 9.10. The van der Waals surface area contributed by atoms with Crippen molar-refractivity contribution in [2.45, 2.75) is 50.8 Å². The molecule has 0 aliphatic rings. The van der Waals surface area contributed by atoms with Crippen molar-refractivity contribution in [3.63, 3.8) is 0 Å². The maximum Gasteiger partial charge on any atom is 0.306 e. The van der Waals surface area contributed by atoms with Crippen LogP contribution in [0.5, 0.6) is 0 Å². The van der Waals surface area contributed by atoms with Crippen molar-refractivity contribution >= 4 is 39.9 Å². The molecule has 5 heteroatoms. The summed E-state index contributed by atoms with van der Waals surface area (Å²) in [4.78, 5) is 23.7. The van der Waals surface area contributed by atoms with Crippen LogP contribution in [0, 0.1) is 5.92 Å². The Hall–Kier alpha value is -0.810. The summed E-state index contributed by atoms with van der Waals surface area (Å²) in [5.41, 5.74) is 0.650. The molecule has 3 nitrogen and oxygen atoms in total. The summed E-state index contributed by atoms with van der Waals surface area (Å²) >= 11 is 4.90. The number of rotatable bonds is 11. The summed E-state index contributed by atoms with van der Waals surface area (Å²) in [6, 6.07) is 5.51. The number of halogens is 1. The van der Waals surface area contributed by atoms with Crippen LogP contribution >= 0.6 is 27.7 Å². The van der Waals surface area contributed by atoms with Gasteiger partial charge in [-0.25, -0.2) is 0 Å². The fourth-order valence-electron chi connectivity index (χ4n) is 2.16. The highest BCUT2D eigenvalue weighted by atomic mass is 79.9. The van der Waals surface area contributed by atoms with Gasteiger partial charge < -0.3 is 4.74 Å². The van der Waals surface area contributed by atoms with Gasteiger partial charge in [0.1, 0.15) is 0 Å². The van der Waals surface area contributed by atoms with Gasteiger partial charge in [0.2, 0.25) is 0 Å². The molecule has 0 aliphatic heterocycles. The van der Waals surface area contributed by atoms with Gasteiger partial charge in [-0.3, -0.25) is 9.59 Å². The largest absolute Gasteiger partial charge is 0.465 e. The molecule has 0 N–H and O–H groups in total. The van der Waals surface area contributed by atoms with Gasteiger partial charge in [0.25, 0.3) is 0 Å². The van der Waals surface area contributed by atoms with E-state index in [9.17, 15) is 9.59 Å². The van der Waals surface area contributed by atoms with Gasteiger partial charge in [-0.1, -0.05) is 49.0 Å². The highest BCUT2D eigenvalue weighted by Crippen LogP contribution is 2.26. The summed E-state index contributed by atoms with van der Waals surface area (Å²) in [5.74, 6) is 0.926. The Bertz CT molecular complexity index is 505. The Morgan fingerprint density at radius 1 is 1.39 bits per heavy atom. The van der Waals surface area contributed by atoms with Gasteiger partial charge in [0.15, 0.2) is 6.29 Å². The first-order chi connectivity index (χ1) is 11.1. The van der Waals surface area contributed by atoms with E-state index in [4.69, 9.17) is 4.74 Å². The van der Waals surface area contributed by atoms with Crippen molar-refractivity contribution in [2.75, 3.05) is 12.4 Å². The third-order valence-corrected chi connectivity index (χ3v) is 5.26. The Morgan fingerprint density at radius 3 is 2.83 bits per heavy atom. The summed E-state index contributed by atoms with van der Waals surface area (Å²) in [5, 5.41) is 0. The number of ether oxygens (including phenoxy) is 1. The second-order valence-corrected chi connectivity index (χ2v) is 7.55. The van der Waals surface area contributed by atoms with Crippen molar-refractivity contribution in [1.29, 1.82) is 0 Å². The maximum absolute atomic E-state index is 11.8. The maximum atomic E-state index is 11.8. The van der Waals surface area contributed by atoms with Crippen LogP contribution in [0.15, 0.2) is 27.6 Å². The molecule has 0 bridgehead atoms. The number of thioether (sulfide) groups is 1. The summed E-state index contributed by atoms with van der Waals surface area (Å²) in [7, 11) is 0. The van der Waals surface area contributed by atoms with E-state index in [0.717, 1.165) is 28.5 Å². The molecule has 0 heterocycles. The van der Waals surface area contributed by atoms with Gasteiger partial charge in [0, 0.05) is 20.7 Å². The fourth-order valence-corrected chi connectivity index (χ4v) is 3.65. The molecule has 1 rings (SSSR count). The lowest BCUT2D eigenvalue weighted by atomic mass is 10.0. The fraction of sp³-hybridized carbons (Fsp3) is 0.556. The minimum atomic E-state index is -0.157. The number of aldehydes is 1. The molecular weight excluding hydrogens is 376 g/mol. The van der Waals surface area contributed by atoms with Gasteiger partial charge in [-0.2, -0.15) is 0 Å². The second kappa shape index (κ2) is 11.7. The molecule has 23 heavy (non-hydrogen) atoms. The molecule has 0 spiro atoms. The van der Waals surface area contributed by atoms with Crippen molar-refractivity contribution in [3.05, 3.63) is 28.2 Å². The molecule has 0 aliphatic carbocycles. The first-order valence-corrected chi connectivity index (χ1v) is 9.91. The third kappa shape index (κ3) is 8.02. The first-order valence-electron chi connectivity index (χ1n) is 8.13. The van der Waals surface area contributed by atoms with Crippen LogP contribution in [0.25, 0.3) is 0 Å². The van der Waals surface area contributed by atoms with E-state index in [1.165, 1.54) is 24.6 Å². The Morgan fingerprint density at radius 2 is 2.17 bits per heavy atom. The minimum Gasteiger partial charge on any atom is -0.465 e. The van der Waals surface area contributed by atoms with Crippen LogP contribution in [-0.2, 0) is 9.53 Å². The molecule has 0 saturated heterocycles. The van der Waals surface area contributed by atoms with Crippen LogP contribution < -0.4 is 0 Å². The van der Waals surface area contributed by atoms with E-state index < -0.39 is 0 Å². The topological polar surface area (TPSA) is 43.4 Å². The molecule has 0 amide bonds. The monoisotopic (exact) mass is 400 g/mol. The molecule has 1 aromatic rings. The van der Waals surface area contributed by atoms with Gasteiger partial charge in [-0.05, 0) is 30.5 Å². The zero-order valence-corrected chi connectivity index (χ0v) is 16.2. The average Bonchev–Trinajstić information content (AvgIpc) is 2.55. The number of unbranched alkanes of at least 4 members (excludes halogenated alkanes) is 1. The molecule has 0 saturated carbocycles. The van der Waals surface area contributed by atoms with Crippen molar-refractivity contribution < 1.29 is 14.3 Å². The number of benzene rings is 1. The van der Waals surface area contributed by atoms with Gasteiger partial charge in [0.05, 0.1) is 13.0 Å². The Labute approximate surface area is 151 Å². The third-order valence-electron chi connectivity index (χ3n) is 3.69. The zero-order valence-electron chi connectivity index (χ0n) is 13.8. The van der Waals surface area contributed by atoms with Crippen LogP contribution in [0.4, 0.5) is 0 Å². The predicted octanol–water partition coefficient (Wildman–Crippen LogP) is 5.50. The SMILES string of the molecule is CCCCC(CC)COC(=O)CCSc1cc(Br)ccc1C=O. The number of hydrogen-bond acceptors (Lipinski definition) is 4. The minimum absolute atomic E-state index is 0.157. The highest BCUT2D eigenvalue weighted by Gasteiger charge is 2.11. The quantitative estimate of drug-likeness (QED) is 0.279. The first kappa shape index (κ1) is 20.2. The average molecular weight is 401 g/mol. The number of carbonyl (C=O) groups excluding carboxylic acids is 2. The van der Waals surface area contributed by atoms with Crippen molar-refractivity contribution in [2.24, 2.45) is 5.92 Å². The normalized spacial score (nSPS) is 12.0. The molecule has 128 valence electrons. The van der Waals surface area contributed by atoms with Gasteiger partial charge >= 0.3 is 5.97 Å². The summed E-state index contributed by atoms with van der Waals surface area (Å²) < 4.78 is 6.31. The lowest BCUT2D eigenvalue weighted by Crippen LogP contribution is -2.14. The molecule has 1 unspecified atom stereocenters. The predicted molar refractivity (Wildman–Crippen MR) is 99.1 cm³/mol. The molecular formula is C18H25BrO3S. The summed E-state index contributed by atoms with van der Waals surface area (Å²) in [6.45, 7) is 4.83. The lowest BCUT2D eigenvalue weighted by Gasteiger charge is -2.14. The molecule has 1 atom stereocenters. The van der Waals surface area contributed by atoms with Crippen LogP contribution in [0.3, 0.4) is 0 Å². The second-order valence-electron chi connectivity index (χ2n) is 5.50. The van der Waals surface area contributed by atoms with E-state index in [2.05, 4.69) is 29.8 Å². The van der Waals surface area contributed by atoms with E-state index in [1.807, 2.05) is 12.1 Å². The van der Waals surface area contributed by atoms with Crippen molar-refractivity contribution in [1.82, 2.24) is 0 Å². The van der Waals surface area contributed by atoms with Crippen LogP contribution in [0.2, 0.25) is 0 Å². The molecule has 1 aromatic carbocycles. The number of carbonyl (C=O) groups is 2. The van der Waals surface area contributed by atoms with Crippen LogP contribution in [0.1, 0.15) is 56.3 Å². The Kier molecular flexibility index (Phi) is 10.3. The molecule has 0 fully saturated rings. The smallest absolute Gasteiger partial charge is 0.306 e. The molecule has 0 aromatic heterocycles.